The number of benzene rings is 2. The molecule has 5 nitrogen and oxygen atoms in total. The highest BCUT2D eigenvalue weighted by Gasteiger charge is 2.17. The fourth-order valence-corrected chi connectivity index (χ4v) is 2.21. The number of rotatable bonds is 3. The van der Waals surface area contributed by atoms with Crippen LogP contribution in [-0.4, -0.2) is 18.4 Å². The average Bonchev–Trinajstić information content (AvgIpc) is 2.54. The van der Waals surface area contributed by atoms with Crippen LogP contribution in [0.25, 0.3) is 6.08 Å². The molecule has 0 aromatic heterocycles. The van der Waals surface area contributed by atoms with Gasteiger partial charge in [-0.2, -0.15) is 0 Å². The molecule has 0 radical (unpaired) electrons. The van der Waals surface area contributed by atoms with Gasteiger partial charge in [-0.05, 0) is 30.3 Å². The Bertz CT molecular complexity index is 781. The highest BCUT2D eigenvalue weighted by atomic mass is 16.5. The van der Waals surface area contributed by atoms with Crippen LogP contribution in [-0.2, 0) is 4.79 Å². The number of amides is 2. The summed E-state index contributed by atoms with van der Waals surface area (Å²) in [6, 6.07) is 14.0. The van der Waals surface area contributed by atoms with Crippen molar-refractivity contribution in [2.45, 2.75) is 0 Å². The van der Waals surface area contributed by atoms with Crippen LogP contribution in [0.3, 0.4) is 0 Å². The van der Waals surface area contributed by atoms with Crippen LogP contribution in [0.4, 0.5) is 5.69 Å². The summed E-state index contributed by atoms with van der Waals surface area (Å²) in [4.78, 5) is 23.4. The summed E-state index contributed by atoms with van der Waals surface area (Å²) in [6.07, 6.45) is 1.80. The summed E-state index contributed by atoms with van der Waals surface area (Å²) < 4.78 is 5.55. The monoisotopic (exact) mass is 294 g/mol. The third-order valence-corrected chi connectivity index (χ3v) is 3.33. The third kappa shape index (κ3) is 2.83. The number of para-hydroxylation sites is 1. The second kappa shape index (κ2) is 5.73. The minimum atomic E-state index is -0.537. The van der Waals surface area contributed by atoms with Gasteiger partial charge in [0.1, 0.15) is 12.4 Å². The largest absolute Gasteiger partial charge is 0.488 e. The van der Waals surface area contributed by atoms with Gasteiger partial charge in [-0.1, -0.05) is 24.3 Å². The van der Waals surface area contributed by atoms with Gasteiger partial charge in [0.05, 0.1) is 5.57 Å². The molecule has 0 bridgehead atoms. The summed E-state index contributed by atoms with van der Waals surface area (Å²) in [6.45, 7) is 0.207. The first-order chi connectivity index (χ1) is 10.6. The topological polar surface area (TPSA) is 81.4 Å². The van der Waals surface area contributed by atoms with Crippen LogP contribution in [0.2, 0.25) is 0 Å². The molecule has 110 valence electrons. The molecular formula is C17H14N2O3. The fraction of sp³-hybridized carbons (Fsp3) is 0.0588. The van der Waals surface area contributed by atoms with E-state index in [-0.39, 0.29) is 12.5 Å². The van der Waals surface area contributed by atoms with Gasteiger partial charge in [0.25, 0.3) is 5.91 Å². The first-order valence-corrected chi connectivity index (χ1v) is 6.77. The molecule has 2 aromatic rings. The first kappa shape index (κ1) is 13.9. The van der Waals surface area contributed by atoms with Crippen molar-refractivity contribution >= 4 is 23.6 Å². The number of anilines is 1. The molecule has 2 aromatic carbocycles. The lowest BCUT2D eigenvalue weighted by atomic mass is 10.1. The van der Waals surface area contributed by atoms with Gasteiger partial charge < -0.3 is 15.8 Å². The molecule has 0 atom stereocenters. The van der Waals surface area contributed by atoms with E-state index in [1.165, 1.54) is 0 Å². The van der Waals surface area contributed by atoms with Crippen molar-refractivity contribution < 1.29 is 14.3 Å². The third-order valence-electron chi connectivity index (χ3n) is 3.33. The number of carbonyl (C=O) groups is 2. The minimum absolute atomic E-state index is 0.207. The molecule has 1 aliphatic heterocycles. The molecular weight excluding hydrogens is 280 g/mol. The number of hydrogen-bond donors (Lipinski definition) is 2. The molecule has 0 unspecified atom stereocenters. The Morgan fingerprint density at radius 3 is 2.73 bits per heavy atom. The highest BCUT2D eigenvalue weighted by molar-refractivity contribution is 6.08. The Balaban J connectivity index is 1.80. The maximum absolute atomic E-state index is 12.3. The van der Waals surface area contributed by atoms with E-state index in [1.807, 2.05) is 24.3 Å². The van der Waals surface area contributed by atoms with E-state index >= 15 is 0 Å². The number of fused-ring (bicyclic) bond motifs is 1. The van der Waals surface area contributed by atoms with Crippen molar-refractivity contribution in [1.82, 2.24) is 0 Å². The maximum atomic E-state index is 12.3. The molecule has 1 aliphatic rings. The smallest absolute Gasteiger partial charge is 0.255 e. The van der Waals surface area contributed by atoms with Crippen LogP contribution in [0.5, 0.6) is 5.75 Å². The summed E-state index contributed by atoms with van der Waals surface area (Å²) >= 11 is 0. The molecule has 5 heteroatoms. The highest BCUT2D eigenvalue weighted by Crippen LogP contribution is 2.26. The number of nitrogens with one attached hydrogen (secondary N) is 1. The first-order valence-electron chi connectivity index (χ1n) is 6.77. The summed E-state index contributed by atoms with van der Waals surface area (Å²) in [5.41, 5.74) is 7.47. The van der Waals surface area contributed by atoms with E-state index in [0.717, 1.165) is 11.3 Å². The van der Waals surface area contributed by atoms with E-state index in [0.29, 0.717) is 16.8 Å². The SMILES string of the molecule is NC(=O)c1cccc(NC(=O)C2=Cc3ccccc3OC2)c1. The molecule has 0 saturated heterocycles. The van der Waals surface area contributed by atoms with E-state index in [9.17, 15) is 9.59 Å². The Labute approximate surface area is 127 Å². The quantitative estimate of drug-likeness (QED) is 0.910. The van der Waals surface area contributed by atoms with Crippen LogP contribution in [0, 0.1) is 0 Å². The summed E-state index contributed by atoms with van der Waals surface area (Å²) in [7, 11) is 0. The molecule has 3 N–H and O–H groups in total. The average molecular weight is 294 g/mol. The molecule has 0 spiro atoms. The zero-order chi connectivity index (χ0) is 15.5. The van der Waals surface area contributed by atoms with Crippen LogP contribution < -0.4 is 15.8 Å². The van der Waals surface area contributed by atoms with E-state index in [4.69, 9.17) is 10.5 Å². The Morgan fingerprint density at radius 1 is 1.09 bits per heavy atom. The zero-order valence-electron chi connectivity index (χ0n) is 11.7. The molecule has 2 amide bonds. The lowest BCUT2D eigenvalue weighted by Crippen LogP contribution is -2.21. The minimum Gasteiger partial charge on any atom is -0.488 e. The van der Waals surface area contributed by atoms with Crippen LogP contribution in [0.1, 0.15) is 15.9 Å². The maximum Gasteiger partial charge on any atom is 0.255 e. The van der Waals surface area contributed by atoms with Crippen molar-refractivity contribution in [2.75, 3.05) is 11.9 Å². The van der Waals surface area contributed by atoms with E-state index in [1.54, 1.807) is 30.3 Å². The van der Waals surface area contributed by atoms with Crippen molar-refractivity contribution in [1.29, 1.82) is 0 Å². The lowest BCUT2D eigenvalue weighted by Gasteiger charge is -2.17. The standard InChI is InChI=1S/C17H14N2O3/c18-16(20)12-5-3-6-14(9-12)19-17(21)13-8-11-4-1-2-7-15(11)22-10-13/h1-9H,10H2,(H2,18,20)(H,19,21). The van der Waals surface area contributed by atoms with Gasteiger partial charge in [0, 0.05) is 16.8 Å². The van der Waals surface area contributed by atoms with Crippen molar-refractivity contribution in [3.8, 4) is 5.75 Å². The molecule has 0 fully saturated rings. The number of hydrogen-bond acceptors (Lipinski definition) is 3. The van der Waals surface area contributed by atoms with E-state index in [2.05, 4.69) is 5.32 Å². The molecule has 0 aliphatic carbocycles. The molecule has 3 rings (SSSR count). The number of nitrogens with two attached hydrogens (primary N) is 1. The van der Waals surface area contributed by atoms with Crippen molar-refractivity contribution in [3.05, 3.63) is 65.2 Å². The predicted octanol–water partition coefficient (Wildman–Crippen LogP) is 2.20. The predicted molar refractivity (Wildman–Crippen MR) is 83.5 cm³/mol. The zero-order valence-corrected chi connectivity index (χ0v) is 11.7. The van der Waals surface area contributed by atoms with Crippen LogP contribution >= 0.6 is 0 Å². The molecule has 22 heavy (non-hydrogen) atoms. The van der Waals surface area contributed by atoms with Gasteiger partial charge in [0.2, 0.25) is 5.91 Å². The molecule has 1 heterocycles. The van der Waals surface area contributed by atoms with Crippen molar-refractivity contribution in [3.63, 3.8) is 0 Å². The van der Waals surface area contributed by atoms with Gasteiger partial charge in [-0.3, -0.25) is 9.59 Å². The molecule has 0 saturated carbocycles. The normalized spacial score (nSPS) is 12.6. The van der Waals surface area contributed by atoms with Gasteiger partial charge in [-0.15, -0.1) is 0 Å². The Kier molecular flexibility index (Phi) is 3.62. The Hall–Kier alpha value is -3.08. The van der Waals surface area contributed by atoms with E-state index < -0.39 is 5.91 Å². The van der Waals surface area contributed by atoms with Crippen LogP contribution in [0.15, 0.2) is 54.1 Å². The second-order valence-electron chi connectivity index (χ2n) is 4.90. The fourth-order valence-electron chi connectivity index (χ4n) is 2.21. The number of carbonyl (C=O) groups excluding carboxylic acids is 2. The van der Waals surface area contributed by atoms with Gasteiger partial charge in [0.15, 0.2) is 0 Å². The van der Waals surface area contributed by atoms with Gasteiger partial charge in [-0.25, -0.2) is 0 Å². The number of ether oxygens (including phenoxy) is 1. The lowest BCUT2D eigenvalue weighted by molar-refractivity contribution is -0.113. The second-order valence-corrected chi connectivity index (χ2v) is 4.90. The van der Waals surface area contributed by atoms with Crippen molar-refractivity contribution in [2.24, 2.45) is 5.73 Å². The Morgan fingerprint density at radius 2 is 1.91 bits per heavy atom. The summed E-state index contributed by atoms with van der Waals surface area (Å²) in [5, 5.41) is 2.74. The number of primary amides is 1. The summed E-state index contributed by atoms with van der Waals surface area (Å²) in [5.74, 6) is -0.0452. The van der Waals surface area contributed by atoms with Gasteiger partial charge >= 0.3 is 0 Å².